The van der Waals surface area contributed by atoms with Gasteiger partial charge in [-0.3, -0.25) is 4.79 Å². The summed E-state index contributed by atoms with van der Waals surface area (Å²) in [4.78, 5) is 13.2. The van der Waals surface area contributed by atoms with Crippen LogP contribution in [0.3, 0.4) is 0 Å². The third kappa shape index (κ3) is 5.06. The van der Waals surface area contributed by atoms with E-state index in [0.717, 1.165) is 56.1 Å². The molecule has 2 aliphatic rings. The summed E-state index contributed by atoms with van der Waals surface area (Å²) in [6, 6.07) is 22.2. The van der Waals surface area contributed by atoms with Gasteiger partial charge in [0.25, 0.3) is 5.91 Å². The van der Waals surface area contributed by atoms with Crippen molar-refractivity contribution >= 4 is 38.7 Å². The zero-order valence-electron chi connectivity index (χ0n) is 23.7. The molecule has 1 aliphatic heterocycles. The number of hydrogen-bond donors (Lipinski definition) is 1. The Hall–Kier alpha value is -3.88. The SMILES string of the molecule is COc1ccc2c(c1)C=C(c1ccccc1)Cn1c-2c(C2CCCCC2)c2ccc(C(=O)NS(=O)(=O)N(C)C)cc21. The first-order valence-corrected chi connectivity index (χ1v) is 15.6. The third-order valence-corrected chi connectivity index (χ3v) is 9.80. The van der Waals surface area contributed by atoms with Crippen LogP contribution in [0, 0.1) is 0 Å². The van der Waals surface area contributed by atoms with Crippen LogP contribution in [0.5, 0.6) is 5.75 Å². The van der Waals surface area contributed by atoms with E-state index in [1.54, 1.807) is 13.2 Å². The molecule has 1 amide bonds. The number of methoxy groups -OCH3 is 1. The number of carbonyl (C=O) groups excluding carboxylic acids is 1. The van der Waals surface area contributed by atoms with E-state index in [0.29, 0.717) is 18.0 Å². The van der Waals surface area contributed by atoms with Crippen LogP contribution < -0.4 is 9.46 Å². The Morgan fingerprint density at radius 3 is 2.44 bits per heavy atom. The average molecular weight is 570 g/mol. The molecule has 0 unspecified atom stereocenters. The number of aromatic nitrogens is 1. The van der Waals surface area contributed by atoms with Gasteiger partial charge in [0, 0.05) is 42.7 Å². The minimum Gasteiger partial charge on any atom is -0.497 e. The highest BCUT2D eigenvalue weighted by Gasteiger charge is 2.30. The van der Waals surface area contributed by atoms with Crippen molar-refractivity contribution in [3.63, 3.8) is 0 Å². The lowest BCUT2D eigenvalue weighted by atomic mass is 9.81. The molecule has 1 aliphatic carbocycles. The van der Waals surface area contributed by atoms with Crippen LogP contribution in [0.1, 0.15) is 65.1 Å². The van der Waals surface area contributed by atoms with E-state index in [-0.39, 0.29) is 0 Å². The molecule has 0 spiro atoms. The first kappa shape index (κ1) is 27.3. The summed E-state index contributed by atoms with van der Waals surface area (Å²) in [6.07, 6.45) is 8.14. The molecule has 1 fully saturated rings. The number of allylic oxidation sites excluding steroid dienone is 1. The molecule has 0 saturated heterocycles. The van der Waals surface area contributed by atoms with Gasteiger partial charge in [-0.05, 0) is 77.4 Å². The molecule has 212 valence electrons. The molecule has 4 aromatic rings. The van der Waals surface area contributed by atoms with E-state index in [1.807, 2.05) is 36.4 Å². The topological polar surface area (TPSA) is 80.6 Å². The Morgan fingerprint density at radius 2 is 1.73 bits per heavy atom. The number of nitrogens with one attached hydrogen (secondary N) is 1. The van der Waals surface area contributed by atoms with Crippen LogP contribution in [0.2, 0.25) is 0 Å². The zero-order valence-corrected chi connectivity index (χ0v) is 24.5. The second kappa shape index (κ2) is 10.8. The molecule has 3 aromatic carbocycles. The second-order valence-corrected chi connectivity index (χ2v) is 13.0. The minimum atomic E-state index is -3.92. The highest BCUT2D eigenvalue weighted by molar-refractivity contribution is 7.87. The summed E-state index contributed by atoms with van der Waals surface area (Å²) >= 11 is 0. The van der Waals surface area contributed by atoms with Gasteiger partial charge in [0.05, 0.1) is 12.8 Å². The van der Waals surface area contributed by atoms with Crippen LogP contribution in [0.4, 0.5) is 0 Å². The summed E-state index contributed by atoms with van der Waals surface area (Å²) in [5, 5.41) is 1.12. The van der Waals surface area contributed by atoms with Gasteiger partial charge < -0.3 is 9.30 Å². The number of rotatable bonds is 6. The Morgan fingerprint density at radius 1 is 0.976 bits per heavy atom. The van der Waals surface area contributed by atoms with Crippen molar-refractivity contribution in [3.8, 4) is 17.0 Å². The van der Waals surface area contributed by atoms with Gasteiger partial charge in [-0.25, -0.2) is 4.72 Å². The molecular formula is C33H35N3O4S. The molecule has 7 nitrogen and oxygen atoms in total. The molecule has 6 rings (SSSR count). The summed E-state index contributed by atoms with van der Waals surface area (Å²) in [6.45, 7) is 0.612. The molecule has 0 atom stereocenters. The summed E-state index contributed by atoms with van der Waals surface area (Å²) in [5.41, 5.74) is 8.24. The van der Waals surface area contributed by atoms with Crippen molar-refractivity contribution in [1.82, 2.24) is 13.6 Å². The molecular weight excluding hydrogens is 534 g/mol. The zero-order chi connectivity index (χ0) is 28.7. The second-order valence-electron chi connectivity index (χ2n) is 11.1. The van der Waals surface area contributed by atoms with E-state index in [9.17, 15) is 13.2 Å². The maximum absolute atomic E-state index is 13.2. The molecule has 8 heteroatoms. The van der Waals surface area contributed by atoms with Gasteiger partial charge >= 0.3 is 10.2 Å². The van der Waals surface area contributed by atoms with Crippen molar-refractivity contribution < 1.29 is 17.9 Å². The first-order chi connectivity index (χ1) is 19.8. The predicted molar refractivity (Wildman–Crippen MR) is 164 cm³/mol. The number of ether oxygens (including phenoxy) is 1. The minimum absolute atomic E-state index is 0.308. The standard InChI is InChI=1S/C33H35N3O4S/c1-35(2)41(38,39)34-33(37)24-14-16-29-30(20-24)36-21-26(22-10-6-4-7-11-22)18-25-19-27(40-3)15-17-28(25)32(36)31(29)23-12-8-5-9-13-23/h4,6-7,10-11,14-20,23H,5,8-9,12-13,21H2,1-3H3,(H,34,37). The van der Waals surface area contributed by atoms with Crippen molar-refractivity contribution in [2.24, 2.45) is 0 Å². The molecule has 41 heavy (non-hydrogen) atoms. The van der Waals surface area contributed by atoms with Crippen LogP contribution in [0.25, 0.3) is 33.8 Å². The smallest absolute Gasteiger partial charge is 0.303 e. The summed E-state index contributed by atoms with van der Waals surface area (Å²) < 4.78 is 36.0. The van der Waals surface area contributed by atoms with Crippen molar-refractivity contribution in [2.75, 3.05) is 21.2 Å². The molecule has 1 saturated carbocycles. The Balaban J connectivity index is 1.61. The van der Waals surface area contributed by atoms with E-state index in [1.165, 1.54) is 44.6 Å². The maximum atomic E-state index is 13.2. The van der Waals surface area contributed by atoms with Crippen LogP contribution in [-0.2, 0) is 16.8 Å². The third-order valence-electron chi connectivity index (χ3n) is 8.40. The number of carbonyl (C=O) groups is 1. The highest BCUT2D eigenvalue weighted by atomic mass is 32.2. The Bertz CT molecular complexity index is 1770. The molecule has 1 aromatic heterocycles. The first-order valence-electron chi connectivity index (χ1n) is 14.1. The van der Waals surface area contributed by atoms with Crippen molar-refractivity contribution in [2.45, 2.75) is 44.6 Å². The quantitative estimate of drug-likeness (QED) is 0.289. The Kier molecular flexibility index (Phi) is 7.21. The van der Waals surface area contributed by atoms with Gasteiger partial charge in [-0.1, -0.05) is 55.7 Å². The van der Waals surface area contributed by atoms with Crippen molar-refractivity contribution in [1.29, 1.82) is 0 Å². The fourth-order valence-corrected chi connectivity index (χ4v) is 6.81. The van der Waals surface area contributed by atoms with E-state index in [2.05, 4.69) is 39.6 Å². The largest absolute Gasteiger partial charge is 0.497 e. The fourth-order valence-electron chi connectivity index (χ4n) is 6.28. The van der Waals surface area contributed by atoms with Crippen LogP contribution in [0.15, 0.2) is 66.7 Å². The molecule has 2 heterocycles. The number of benzene rings is 3. The molecule has 0 bridgehead atoms. The molecule has 0 radical (unpaired) electrons. The summed E-state index contributed by atoms with van der Waals surface area (Å²) in [7, 11) is 0.559. The van der Waals surface area contributed by atoms with Gasteiger partial charge in [0.2, 0.25) is 0 Å². The van der Waals surface area contributed by atoms with Crippen LogP contribution in [-0.4, -0.2) is 44.4 Å². The highest BCUT2D eigenvalue weighted by Crippen LogP contribution is 2.47. The predicted octanol–water partition coefficient (Wildman–Crippen LogP) is 6.46. The van der Waals surface area contributed by atoms with Crippen molar-refractivity contribution in [3.05, 3.63) is 89.0 Å². The van der Waals surface area contributed by atoms with Gasteiger partial charge in [-0.2, -0.15) is 12.7 Å². The van der Waals surface area contributed by atoms with Crippen LogP contribution >= 0.6 is 0 Å². The Labute approximate surface area is 241 Å². The van der Waals surface area contributed by atoms with E-state index in [4.69, 9.17) is 4.74 Å². The lowest BCUT2D eigenvalue weighted by Crippen LogP contribution is -2.39. The van der Waals surface area contributed by atoms with Gasteiger partial charge in [0.1, 0.15) is 5.75 Å². The molecule has 1 N–H and O–H groups in total. The number of nitrogens with zero attached hydrogens (tertiary/aromatic N) is 2. The van der Waals surface area contributed by atoms with E-state index >= 15 is 0 Å². The lowest BCUT2D eigenvalue weighted by molar-refractivity contribution is 0.0980. The number of amides is 1. The fraction of sp³-hybridized carbons (Fsp3) is 0.303. The normalized spacial score (nSPS) is 15.7. The monoisotopic (exact) mass is 569 g/mol. The summed E-state index contributed by atoms with van der Waals surface area (Å²) in [5.74, 6) is 0.565. The number of fused-ring (bicyclic) bond motifs is 5. The van der Waals surface area contributed by atoms with E-state index < -0.39 is 16.1 Å². The van der Waals surface area contributed by atoms with Gasteiger partial charge in [0.15, 0.2) is 0 Å². The maximum Gasteiger partial charge on any atom is 0.303 e. The lowest BCUT2D eigenvalue weighted by Gasteiger charge is -2.24. The van der Waals surface area contributed by atoms with Gasteiger partial charge in [-0.15, -0.1) is 0 Å². The number of hydrogen-bond acceptors (Lipinski definition) is 4. The average Bonchev–Trinajstić information content (AvgIpc) is 3.19.